The average molecular weight is 562 g/mol. The summed E-state index contributed by atoms with van der Waals surface area (Å²) in [6.45, 7) is 3.83. The molecule has 0 spiro atoms. The molecule has 1 amide bonds. The number of nitrogens with one attached hydrogen (secondary N) is 1. The van der Waals surface area contributed by atoms with Gasteiger partial charge in [0.05, 0.1) is 16.5 Å². The van der Waals surface area contributed by atoms with Crippen LogP contribution in [0.3, 0.4) is 0 Å². The molecule has 0 fully saturated rings. The molecule has 208 valence electrons. The van der Waals surface area contributed by atoms with E-state index >= 15 is 0 Å². The molecule has 1 atom stereocenters. The normalized spacial score (nSPS) is 14.0. The number of carbonyl (C=O) groups is 1. The van der Waals surface area contributed by atoms with Crippen LogP contribution in [0.2, 0.25) is 0 Å². The van der Waals surface area contributed by atoms with E-state index in [1.807, 2.05) is 32.0 Å². The monoisotopic (exact) mass is 561 g/mol. The Bertz CT molecular complexity index is 1950. The number of carbonyl (C=O) groups excluding carboxylic acids is 1. The lowest BCUT2D eigenvalue weighted by Crippen LogP contribution is -2.28. The number of non-ortho nitro benzene ring substituents is 1. The topological polar surface area (TPSA) is 114 Å². The Labute approximate surface area is 239 Å². The van der Waals surface area contributed by atoms with E-state index in [-0.39, 0.29) is 33.8 Å². The standard InChI is InChI=1S/C33H24FN3O5/c1-18-7-6-8-19(2)26(18)30-29-28(24-17-21(34)13-16-25(24)38)27(20-11-14-23(15-12-20)37(41)42)33(40)36(31(29)32(39)35-30)22-9-4-3-5-10-22/h3-17,30,38H,1-2H3,(H,35,39). The Morgan fingerprint density at radius 3 is 2.17 bits per heavy atom. The van der Waals surface area contributed by atoms with Crippen molar-refractivity contribution in [1.29, 1.82) is 0 Å². The summed E-state index contributed by atoms with van der Waals surface area (Å²) in [5.41, 5.74) is 3.20. The minimum atomic E-state index is -0.751. The number of nitro benzene ring substituents is 1. The van der Waals surface area contributed by atoms with Crippen LogP contribution in [0.1, 0.15) is 38.8 Å². The quantitative estimate of drug-likeness (QED) is 0.191. The zero-order valence-electron chi connectivity index (χ0n) is 22.6. The van der Waals surface area contributed by atoms with E-state index < -0.39 is 28.2 Å². The van der Waals surface area contributed by atoms with Gasteiger partial charge in [-0.05, 0) is 78.6 Å². The highest BCUT2D eigenvalue weighted by Gasteiger charge is 2.40. The van der Waals surface area contributed by atoms with Crippen LogP contribution in [0.15, 0.2) is 95.8 Å². The number of amides is 1. The fraction of sp³-hybridized carbons (Fsp3) is 0.0909. The zero-order valence-corrected chi connectivity index (χ0v) is 22.6. The summed E-state index contributed by atoms with van der Waals surface area (Å²) >= 11 is 0. The number of phenols is 1. The second-order valence-electron chi connectivity index (χ2n) is 10.2. The van der Waals surface area contributed by atoms with E-state index in [4.69, 9.17) is 0 Å². The first-order valence-corrected chi connectivity index (χ1v) is 13.2. The molecule has 42 heavy (non-hydrogen) atoms. The number of nitrogens with zero attached hydrogens (tertiary/aromatic N) is 2. The third kappa shape index (κ3) is 4.23. The molecule has 0 saturated heterocycles. The number of aromatic hydroxyl groups is 1. The van der Waals surface area contributed by atoms with Crippen LogP contribution in [0.5, 0.6) is 5.75 Å². The number of benzene rings is 4. The van der Waals surface area contributed by atoms with E-state index in [0.717, 1.165) is 28.8 Å². The van der Waals surface area contributed by atoms with Crippen molar-refractivity contribution in [1.82, 2.24) is 9.88 Å². The van der Waals surface area contributed by atoms with E-state index in [1.165, 1.54) is 34.9 Å². The second kappa shape index (κ2) is 10.1. The van der Waals surface area contributed by atoms with Crippen molar-refractivity contribution >= 4 is 11.6 Å². The molecule has 2 N–H and O–H groups in total. The molecular weight excluding hydrogens is 537 g/mol. The number of aromatic nitrogens is 1. The summed E-state index contributed by atoms with van der Waals surface area (Å²) in [7, 11) is 0. The van der Waals surface area contributed by atoms with Crippen LogP contribution in [-0.2, 0) is 0 Å². The van der Waals surface area contributed by atoms with Gasteiger partial charge >= 0.3 is 0 Å². The maximum Gasteiger partial charge on any atom is 0.269 e. The maximum absolute atomic E-state index is 14.8. The summed E-state index contributed by atoms with van der Waals surface area (Å²) < 4.78 is 16.1. The molecule has 0 bridgehead atoms. The summed E-state index contributed by atoms with van der Waals surface area (Å²) in [5.74, 6) is -1.46. The van der Waals surface area contributed by atoms with Gasteiger partial charge in [-0.1, -0.05) is 36.4 Å². The van der Waals surface area contributed by atoms with Gasteiger partial charge in [-0.25, -0.2) is 4.39 Å². The predicted octanol–water partition coefficient (Wildman–Crippen LogP) is 6.37. The maximum atomic E-state index is 14.8. The van der Waals surface area contributed by atoms with Crippen LogP contribution in [-0.4, -0.2) is 20.5 Å². The van der Waals surface area contributed by atoms with Gasteiger partial charge in [-0.15, -0.1) is 0 Å². The third-order valence-electron chi connectivity index (χ3n) is 7.63. The predicted molar refractivity (Wildman–Crippen MR) is 156 cm³/mol. The summed E-state index contributed by atoms with van der Waals surface area (Å²) in [6, 6.07) is 22.5. The molecule has 5 aromatic rings. The van der Waals surface area contributed by atoms with E-state index in [1.54, 1.807) is 30.3 Å². The summed E-state index contributed by atoms with van der Waals surface area (Å²) in [5, 5.41) is 25.5. The molecule has 0 saturated carbocycles. The molecule has 2 heterocycles. The molecule has 9 heteroatoms. The first-order chi connectivity index (χ1) is 20.2. The van der Waals surface area contributed by atoms with Crippen LogP contribution in [0.4, 0.5) is 10.1 Å². The number of halogens is 1. The Morgan fingerprint density at radius 1 is 0.857 bits per heavy atom. The van der Waals surface area contributed by atoms with Gasteiger partial charge in [0.2, 0.25) is 0 Å². The molecule has 4 aromatic carbocycles. The molecule has 1 aliphatic heterocycles. The highest BCUT2D eigenvalue weighted by Crippen LogP contribution is 2.46. The lowest BCUT2D eigenvalue weighted by Gasteiger charge is -2.24. The van der Waals surface area contributed by atoms with Gasteiger partial charge < -0.3 is 10.4 Å². The van der Waals surface area contributed by atoms with Crippen molar-refractivity contribution in [2.45, 2.75) is 19.9 Å². The average Bonchev–Trinajstić information content (AvgIpc) is 3.30. The van der Waals surface area contributed by atoms with E-state index in [2.05, 4.69) is 5.32 Å². The van der Waals surface area contributed by atoms with Crippen molar-refractivity contribution in [2.75, 3.05) is 0 Å². The first-order valence-electron chi connectivity index (χ1n) is 13.2. The molecule has 6 rings (SSSR count). The number of nitro groups is 1. The van der Waals surface area contributed by atoms with Crippen molar-refractivity contribution in [2.24, 2.45) is 0 Å². The molecule has 0 radical (unpaired) electrons. The summed E-state index contributed by atoms with van der Waals surface area (Å²) in [6.07, 6.45) is 0. The van der Waals surface area contributed by atoms with Crippen molar-refractivity contribution in [3.63, 3.8) is 0 Å². The van der Waals surface area contributed by atoms with Crippen molar-refractivity contribution < 1.29 is 19.2 Å². The number of rotatable bonds is 5. The highest BCUT2D eigenvalue weighted by molar-refractivity contribution is 6.04. The minimum Gasteiger partial charge on any atom is -0.507 e. The smallest absolute Gasteiger partial charge is 0.269 e. The molecule has 1 aromatic heterocycles. The largest absolute Gasteiger partial charge is 0.507 e. The lowest BCUT2D eigenvalue weighted by molar-refractivity contribution is -0.384. The minimum absolute atomic E-state index is 0.0182. The van der Waals surface area contributed by atoms with E-state index in [9.17, 15) is 29.2 Å². The van der Waals surface area contributed by atoms with Crippen LogP contribution < -0.4 is 10.9 Å². The zero-order chi connectivity index (χ0) is 29.7. The Balaban J connectivity index is 1.84. The number of hydrogen-bond acceptors (Lipinski definition) is 5. The highest BCUT2D eigenvalue weighted by atomic mass is 19.1. The molecule has 8 nitrogen and oxygen atoms in total. The summed E-state index contributed by atoms with van der Waals surface area (Å²) in [4.78, 5) is 39.2. The van der Waals surface area contributed by atoms with Gasteiger partial charge in [-0.2, -0.15) is 0 Å². The number of aryl methyl sites for hydroxylation is 2. The van der Waals surface area contributed by atoms with Crippen molar-refractivity contribution in [3.05, 3.63) is 145 Å². The fourth-order valence-corrected chi connectivity index (χ4v) is 5.80. The van der Waals surface area contributed by atoms with Crippen LogP contribution in [0.25, 0.3) is 27.9 Å². The number of phenolic OH excluding ortho intramolecular Hbond substituents is 1. The number of fused-ring (bicyclic) bond motifs is 1. The third-order valence-corrected chi connectivity index (χ3v) is 7.63. The number of hydrogen-bond donors (Lipinski definition) is 2. The number of para-hydroxylation sites is 1. The molecule has 0 aliphatic carbocycles. The van der Waals surface area contributed by atoms with Crippen LogP contribution >= 0.6 is 0 Å². The van der Waals surface area contributed by atoms with Gasteiger partial charge in [0.25, 0.3) is 17.2 Å². The van der Waals surface area contributed by atoms with Gasteiger partial charge in [0.15, 0.2) is 0 Å². The molecule has 1 unspecified atom stereocenters. The lowest BCUT2D eigenvalue weighted by atomic mass is 9.84. The van der Waals surface area contributed by atoms with Gasteiger partial charge in [-0.3, -0.25) is 24.3 Å². The number of pyridine rings is 1. The fourth-order valence-electron chi connectivity index (χ4n) is 5.80. The molecular formula is C33H24FN3O5. The van der Waals surface area contributed by atoms with E-state index in [0.29, 0.717) is 16.8 Å². The Kier molecular flexibility index (Phi) is 6.42. The first kappa shape index (κ1) is 26.6. The molecule has 1 aliphatic rings. The Morgan fingerprint density at radius 2 is 1.52 bits per heavy atom. The van der Waals surface area contributed by atoms with Gasteiger partial charge in [0, 0.05) is 34.5 Å². The van der Waals surface area contributed by atoms with Crippen LogP contribution in [0, 0.1) is 29.8 Å². The van der Waals surface area contributed by atoms with Gasteiger partial charge in [0.1, 0.15) is 17.3 Å². The second-order valence-corrected chi connectivity index (χ2v) is 10.2. The van der Waals surface area contributed by atoms with Crippen molar-refractivity contribution in [3.8, 4) is 33.7 Å². The Hall–Kier alpha value is -5.57. The SMILES string of the molecule is Cc1cccc(C)c1C1NC(=O)c2c1c(-c1cc(F)ccc1O)c(-c1ccc([N+](=O)[O-])cc1)c(=O)n2-c1ccccc1.